The van der Waals surface area contributed by atoms with Crippen LogP contribution in [0.1, 0.15) is 23.9 Å². The Balaban J connectivity index is 3.37. The predicted octanol–water partition coefficient (Wildman–Crippen LogP) is 2.55. The Morgan fingerprint density at radius 2 is 2.00 bits per heavy atom. The normalized spacial score (nSPS) is 11.8. The third kappa shape index (κ3) is 1.97. The second kappa shape index (κ2) is 3.48. The highest BCUT2D eigenvalue weighted by Crippen LogP contribution is 2.34. The molecule has 0 aromatic carbocycles. The van der Waals surface area contributed by atoms with E-state index < -0.39 is 11.7 Å². The fourth-order valence-electron chi connectivity index (χ4n) is 1.25. The third-order valence-electron chi connectivity index (χ3n) is 1.91. The van der Waals surface area contributed by atoms with Gasteiger partial charge in [0, 0.05) is 5.69 Å². The van der Waals surface area contributed by atoms with Crippen LogP contribution in [0.3, 0.4) is 0 Å². The molecule has 0 saturated carbocycles. The van der Waals surface area contributed by atoms with Crippen LogP contribution in [-0.4, -0.2) is 4.98 Å². The molecule has 0 spiro atoms. The van der Waals surface area contributed by atoms with Crippen LogP contribution in [0.2, 0.25) is 0 Å². The van der Waals surface area contributed by atoms with Crippen molar-refractivity contribution in [2.45, 2.75) is 26.4 Å². The average molecular weight is 204 g/mol. The van der Waals surface area contributed by atoms with Gasteiger partial charge in [-0.25, -0.2) is 0 Å². The summed E-state index contributed by atoms with van der Waals surface area (Å²) in [4.78, 5) is 3.94. The van der Waals surface area contributed by atoms with Gasteiger partial charge in [0.25, 0.3) is 0 Å². The highest BCUT2D eigenvalue weighted by Gasteiger charge is 2.34. The van der Waals surface area contributed by atoms with Gasteiger partial charge in [0.1, 0.15) is 0 Å². The number of alkyl halides is 3. The monoisotopic (exact) mass is 204 g/mol. The van der Waals surface area contributed by atoms with Gasteiger partial charge in [0.2, 0.25) is 0 Å². The van der Waals surface area contributed by atoms with Crippen LogP contribution < -0.4 is 5.73 Å². The van der Waals surface area contributed by atoms with Gasteiger partial charge < -0.3 is 5.73 Å². The number of anilines is 1. The predicted molar refractivity (Wildman–Crippen MR) is 47.8 cm³/mol. The third-order valence-corrected chi connectivity index (χ3v) is 1.91. The number of nitrogens with two attached hydrogens (primary N) is 1. The van der Waals surface area contributed by atoms with Gasteiger partial charge in [-0.15, -0.1) is 0 Å². The van der Waals surface area contributed by atoms with E-state index in [0.29, 0.717) is 17.8 Å². The Kier molecular flexibility index (Phi) is 2.69. The quantitative estimate of drug-likeness (QED) is 0.763. The number of rotatable bonds is 1. The Bertz CT molecular complexity index is 345. The summed E-state index contributed by atoms with van der Waals surface area (Å²) in [6, 6.07) is 0.967. The van der Waals surface area contributed by atoms with Crippen molar-refractivity contribution in [3.63, 3.8) is 0 Å². The first-order chi connectivity index (χ1) is 6.36. The van der Waals surface area contributed by atoms with Crippen molar-refractivity contribution in [2.75, 3.05) is 5.73 Å². The van der Waals surface area contributed by atoms with E-state index in [-0.39, 0.29) is 5.69 Å². The molecule has 0 aliphatic rings. The standard InChI is InChI=1S/C9H11F3N2/c1-3-7-8(13)6(9(10,11)12)4-5(2)14-7/h4H,3,13H2,1-2H3. The molecule has 0 unspecified atom stereocenters. The first-order valence-corrected chi connectivity index (χ1v) is 4.19. The second-order valence-electron chi connectivity index (χ2n) is 3.02. The lowest BCUT2D eigenvalue weighted by Gasteiger charge is -2.13. The number of nitrogen functional groups attached to an aromatic ring is 1. The Labute approximate surface area is 79.9 Å². The molecule has 0 bridgehead atoms. The minimum Gasteiger partial charge on any atom is -0.397 e. The molecule has 0 aliphatic carbocycles. The zero-order valence-corrected chi connectivity index (χ0v) is 7.94. The molecule has 1 rings (SSSR count). The molecule has 0 saturated heterocycles. The maximum Gasteiger partial charge on any atom is 0.418 e. The first kappa shape index (κ1) is 10.8. The lowest BCUT2D eigenvalue weighted by Crippen LogP contribution is -2.12. The summed E-state index contributed by atoms with van der Waals surface area (Å²) in [5.74, 6) is 0. The van der Waals surface area contributed by atoms with Crippen LogP contribution in [0.15, 0.2) is 6.07 Å². The molecule has 0 radical (unpaired) electrons. The maximum absolute atomic E-state index is 12.4. The van der Waals surface area contributed by atoms with Crippen LogP contribution in [-0.2, 0) is 12.6 Å². The SMILES string of the molecule is CCc1nc(C)cc(C(F)(F)F)c1N. The molecule has 0 fully saturated rings. The first-order valence-electron chi connectivity index (χ1n) is 4.19. The summed E-state index contributed by atoms with van der Waals surface area (Å²) in [5.41, 5.74) is 4.96. The smallest absolute Gasteiger partial charge is 0.397 e. The molecule has 1 aromatic heterocycles. The van der Waals surface area contributed by atoms with Crippen molar-refractivity contribution >= 4 is 5.69 Å². The molecule has 1 aromatic rings. The topological polar surface area (TPSA) is 38.9 Å². The van der Waals surface area contributed by atoms with Crippen LogP contribution in [0.25, 0.3) is 0 Å². The van der Waals surface area contributed by atoms with E-state index >= 15 is 0 Å². The van der Waals surface area contributed by atoms with Gasteiger partial charge in [0.15, 0.2) is 0 Å². The number of hydrogen-bond donors (Lipinski definition) is 1. The van der Waals surface area contributed by atoms with E-state index in [0.717, 1.165) is 6.07 Å². The number of aromatic nitrogens is 1. The van der Waals surface area contributed by atoms with Gasteiger partial charge in [0.05, 0.1) is 16.9 Å². The van der Waals surface area contributed by atoms with E-state index in [1.807, 2.05) is 0 Å². The van der Waals surface area contributed by atoms with Gasteiger partial charge in [-0.1, -0.05) is 6.92 Å². The van der Waals surface area contributed by atoms with E-state index in [4.69, 9.17) is 5.73 Å². The molecule has 78 valence electrons. The van der Waals surface area contributed by atoms with Crippen molar-refractivity contribution < 1.29 is 13.2 Å². The summed E-state index contributed by atoms with van der Waals surface area (Å²) in [7, 11) is 0. The number of halogens is 3. The fraction of sp³-hybridized carbons (Fsp3) is 0.444. The van der Waals surface area contributed by atoms with Crippen molar-refractivity contribution in [2.24, 2.45) is 0 Å². The van der Waals surface area contributed by atoms with Crippen LogP contribution >= 0.6 is 0 Å². The van der Waals surface area contributed by atoms with Crippen molar-refractivity contribution in [3.8, 4) is 0 Å². The summed E-state index contributed by atoms with van der Waals surface area (Å²) < 4.78 is 37.3. The molecule has 0 aliphatic heterocycles. The number of hydrogen-bond acceptors (Lipinski definition) is 2. The lowest BCUT2D eigenvalue weighted by atomic mass is 10.1. The minimum atomic E-state index is -4.40. The second-order valence-corrected chi connectivity index (χ2v) is 3.02. The molecule has 0 atom stereocenters. The largest absolute Gasteiger partial charge is 0.418 e. The fourth-order valence-corrected chi connectivity index (χ4v) is 1.25. The Hall–Kier alpha value is -1.26. The average Bonchev–Trinajstić information content (AvgIpc) is 2.06. The summed E-state index contributed by atoms with van der Waals surface area (Å²) >= 11 is 0. The molecule has 1 heterocycles. The maximum atomic E-state index is 12.4. The summed E-state index contributed by atoms with van der Waals surface area (Å²) in [5, 5.41) is 0. The molecular formula is C9H11F3N2. The minimum absolute atomic E-state index is 0.259. The van der Waals surface area contributed by atoms with Crippen molar-refractivity contribution in [1.82, 2.24) is 4.98 Å². The number of nitrogens with zero attached hydrogens (tertiary/aromatic N) is 1. The highest BCUT2D eigenvalue weighted by molar-refractivity contribution is 5.53. The van der Waals surface area contributed by atoms with E-state index in [2.05, 4.69) is 4.98 Å². The highest BCUT2D eigenvalue weighted by atomic mass is 19.4. The van der Waals surface area contributed by atoms with Crippen LogP contribution in [0.4, 0.5) is 18.9 Å². The Morgan fingerprint density at radius 1 is 1.43 bits per heavy atom. The van der Waals surface area contributed by atoms with E-state index in [1.54, 1.807) is 6.92 Å². The van der Waals surface area contributed by atoms with Crippen LogP contribution in [0, 0.1) is 6.92 Å². The molecule has 0 amide bonds. The molecule has 5 heteroatoms. The zero-order valence-electron chi connectivity index (χ0n) is 7.94. The summed E-state index contributed by atoms with van der Waals surface area (Å²) in [6.07, 6.45) is -4.00. The van der Waals surface area contributed by atoms with Gasteiger partial charge in [-0.2, -0.15) is 13.2 Å². The molecule has 2 N–H and O–H groups in total. The van der Waals surface area contributed by atoms with Crippen LogP contribution in [0.5, 0.6) is 0 Å². The molecule has 2 nitrogen and oxygen atoms in total. The van der Waals surface area contributed by atoms with Gasteiger partial charge >= 0.3 is 6.18 Å². The van der Waals surface area contributed by atoms with E-state index in [9.17, 15) is 13.2 Å². The lowest BCUT2D eigenvalue weighted by molar-refractivity contribution is -0.137. The van der Waals surface area contributed by atoms with Gasteiger partial charge in [-0.05, 0) is 19.4 Å². The number of pyridine rings is 1. The molecule has 14 heavy (non-hydrogen) atoms. The van der Waals surface area contributed by atoms with Crippen molar-refractivity contribution in [3.05, 3.63) is 23.0 Å². The van der Waals surface area contributed by atoms with Gasteiger partial charge in [-0.3, -0.25) is 4.98 Å². The Morgan fingerprint density at radius 3 is 2.43 bits per heavy atom. The summed E-state index contributed by atoms with van der Waals surface area (Å²) in [6.45, 7) is 3.24. The van der Waals surface area contributed by atoms with E-state index in [1.165, 1.54) is 6.92 Å². The number of aryl methyl sites for hydroxylation is 2. The molecular weight excluding hydrogens is 193 g/mol. The van der Waals surface area contributed by atoms with Crippen molar-refractivity contribution in [1.29, 1.82) is 0 Å². The zero-order chi connectivity index (χ0) is 10.9.